The van der Waals surface area contributed by atoms with Crippen molar-refractivity contribution >= 4 is 45.5 Å². The molecule has 14 heavy (non-hydrogen) atoms. The molecule has 0 aromatic carbocycles. The molecule has 0 bridgehead atoms. The summed E-state index contributed by atoms with van der Waals surface area (Å²) in [5, 5.41) is 0. The van der Waals surface area contributed by atoms with E-state index in [1.54, 1.807) is 18.7 Å². The predicted molar refractivity (Wildman–Crippen MR) is 67.6 cm³/mol. The van der Waals surface area contributed by atoms with Gasteiger partial charge in [-0.05, 0) is 28.7 Å². The molecule has 4 nitrogen and oxygen atoms in total. The van der Waals surface area contributed by atoms with E-state index in [1.165, 1.54) is 6.33 Å². The van der Waals surface area contributed by atoms with E-state index in [1.807, 2.05) is 8.85 Å². The Balaban J connectivity index is 2.61. The molecule has 0 atom stereocenters. The zero-order valence-corrected chi connectivity index (χ0v) is 11.2. The second-order valence-electron chi connectivity index (χ2n) is 2.50. The number of aromatic nitrogens is 4. The monoisotopic (exact) mass is 411 g/mol. The van der Waals surface area contributed by atoms with Crippen molar-refractivity contribution in [2.75, 3.05) is 0 Å². The van der Waals surface area contributed by atoms with E-state index in [0.29, 0.717) is 0 Å². The zero-order chi connectivity index (χ0) is 9.97. The third-order valence-electron chi connectivity index (χ3n) is 1.63. The lowest BCUT2D eigenvalue weighted by Gasteiger charge is -1.98. The summed E-state index contributed by atoms with van der Waals surface area (Å²) in [4.78, 5) is 12.2. The number of pyridine rings is 1. The number of halogens is 2. The highest BCUT2D eigenvalue weighted by Crippen LogP contribution is 2.18. The standard InChI is InChI=1S/C8H5I2N4/c9-7-1-2-11-3-6(7)8-13-4-12-5-14(8)10/h1-5H/q+1. The summed E-state index contributed by atoms with van der Waals surface area (Å²) >= 11 is 4.40. The summed E-state index contributed by atoms with van der Waals surface area (Å²) < 4.78 is 2.97. The quantitative estimate of drug-likeness (QED) is 0.671. The van der Waals surface area contributed by atoms with Crippen LogP contribution in [0.2, 0.25) is 0 Å². The molecule has 2 aromatic rings. The molecule has 0 N–H and O–H groups in total. The molecule has 2 aromatic heterocycles. The highest BCUT2D eigenvalue weighted by atomic mass is 127. The highest BCUT2D eigenvalue weighted by molar-refractivity contribution is 14.1. The molecule has 0 saturated heterocycles. The lowest BCUT2D eigenvalue weighted by molar-refractivity contribution is -0.435. The Hall–Kier alpha value is -0.380. The van der Waals surface area contributed by atoms with Gasteiger partial charge in [0.1, 0.15) is 0 Å². The van der Waals surface area contributed by atoms with Crippen LogP contribution in [0.3, 0.4) is 0 Å². The molecule has 0 saturated carbocycles. The maximum Gasteiger partial charge on any atom is 0.284 e. The van der Waals surface area contributed by atoms with Gasteiger partial charge in [-0.15, -0.1) is 0 Å². The Morgan fingerprint density at radius 3 is 2.86 bits per heavy atom. The van der Waals surface area contributed by atoms with Gasteiger partial charge in [0.05, 0.1) is 5.56 Å². The first-order valence-corrected chi connectivity index (χ1v) is 5.81. The van der Waals surface area contributed by atoms with E-state index in [4.69, 9.17) is 0 Å². The summed E-state index contributed by atoms with van der Waals surface area (Å²) in [7, 11) is 0. The summed E-state index contributed by atoms with van der Waals surface area (Å²) in [6.45, 7) is 0. The van der Waals surface area contributed by atoms with Gasteiger partial charge in [-0.1, -0.05) is 9.97 Å². The van der Waals surface area contributed by atoms with Crippen LogP contribution < -0.4 is 2.78 Å². The smallest absolute Gasteiger partial charge is 0.264 e. The molecule has 0 aliphatic rings. The molecule has 0 radical (unpaired) electrons. The van der Waals surface area contributed by atoms with Gasteiger partial charge < -0.3 is 0 Å². The molecular formula is C8H5I2N4+. The van der Waals surface area contributed by atoms with Gasteiger partial charge in [0.25, 0.3) is 12.2 Å². The van der Waals surface area contributed by atoms with Gasteiger partial charge in [-0.2, -0.15) is 2.78 Å². The summed E-state index contributed by atoms with van der Waals surface area (Å²) in [6.07, 6.45) is 6.82. The van der Waals surface area contributed by atoms with Gasteiger partial charge in [0, 0.05) is 16.0 Å². The lowest BCUT2D eigenvalue weighted by Crippen LogP contribution is -2.24. The minimum atomic E-state index is 0.859. The first-order chi connectivity index (χ1) is 6.79. The Kier molecular flexibility index (Phi) is 3.21. The van der Waals surface area contributed by atoms with Gasteiger partial charge in [0.2, 0.25) is 6.33 Å². The van der Waals surface area contributed by atoms with Crippen molar-refractivity contribution in [2.24, 2.45) is 0 Å². The first kappa shape index (κ1) is 10.1. The van der Waals surface area contributed by atoms with Crippen molar-refractivity contribution in [2.45, 2.75) is 0 Å². The van der Waals surface area contributed by atoms with Crippen LogP contribution in [0.15, 0.2) is 31.1 Å². The Morgan fingerprint density at radius 1 is 1.29 bits per heavy atom. The topological polar surface area (TPSA) is 42.6 Å². The molecule has 0 amide bonds. The summed E-state index contributed by atoms with van der Waals surface area (Å²) in [5.74, 6) is 0.859. The fourth-order valence-electron chi connectivity index (χ4n) is 1.01. The molecule has 0 aliphatic carbocycles. The molecule has 0 spiro atoms. The fraction of sp³-hybridized carbons (Fsp3) is 0. The molecule has 0 fully saturated rings. The Labute approximate surface area is 108 Å². The average molecular weight is 411 g/mol. The molecular weight excluding hydrogens is 406 g/mol. The lowest BCUT2D eigenvalue weighted by atomic mass is 10.3. The summed E-state index contributed by atoms with van der Waals surface area (Å²) in [6, 6.07) is 1.95. The van der Waals surface area contributed by atoms with Crippen LogP contribution in [0.4, 0.5) is 0 Å². The van der Waals surface area contributed by atoms with Crippen molar-refractivity contribution in [3.05, 3.63) is 34.7 Å². The van der Waals surface area contributed by atoms with Gasteiger partial charge in [-0.25, -0.2) is 0 Å². The minimum Gasteiger partial charge on any atom is -0.264 e. The van der Waals surface area contributed by atoms with Crippen LogP contribution in [0, 0.1) is 3.57 Å². The van der Waals surface area contributed by atoms with Crippen molar-refractivity contribution in [1.82, 2.24) is 15.0 Å². The van der Waals surface area contributed by atoms with Crippen LogP contribution in [0.25, 0.3) is 11.4 Å². The van der Waals surface area contributed by atoms with Crippen molar-refractivity contribution in [3.8, 4) is 11.4 Å². The minimum absolute atomic E-state index is 0.859. The van der Waals surface area contributed by atoms with Gasteiger partial charge in [0.15, 0.2) is 22.9 Å². The molecule has 0 unspecified atom stereocenters. The Bertz CT molecular complexity index is 417. The summed E-state index contributed by atoms with van der Waals surface area (Å²) in [5.41, 5.74) is 1.02. The normalized spacial score (nSPS) is 10.1. The SMILES string of the molecule is Ic1ccncc1-c1ncnc[n+]1I. The van der Waals surface area contributed by atoms with Gasteiger partial charge >= 0.3 is 0 Å². The zero-order valence-electron chi connectivity index (χ0n) is 6.93. The van der Waals surface area contributed by atoms with E-state index < -0.39 is 0 Å². The molecule has 0 aliphatic heterocycles. The van der Waals surface area contributed by atoms with E-state index in [0.717, 1.165) is 15.0 Å². The van der Waals surface area contributed by atoms with E-state index in [2.05, 4.69) is 60.4 Å². The van der Waals surface area contributed by atoms with Crippen LogP contribution in [-0.4, -0.2) is 15.0 Å². The largest absolute Gasteiger partial charge is 0.284 e. The maximum atomic E-state index is 4.21. The van der Waals surface area contributed by atoms with Crippen molar-refractivity contribution in [3.63, 3.8) is 0 Å². The molecule has 2 heterocycles. The third-order valence-corrected chi connectivity index (χ3v) is 3.27. The number of nitrogens with zero attached hydrogens (tertiary/aromatic N) is 4. The van der Waals surface area contributed by atoms with Crippen LogP contribution in [-0.2, 0) is 0 Å². The van der Waals surface area contributed by atoms with Crippen LogP contribution in [0.5, 0.6) is 0 Å². The van der Waals surface area contributed by atoms with Gasteiger partial charge in [-0.3, -0.25) is 4.98 Å². The second kappa shape index (κ2) is 4.43. The van der Waals surface area contributed by atoms with E-state index in [-0.39, 0.29) is 0 Å². The van der Waals surface area contributed by atoms with E-state index >= 15 is 0 Å². The van der Waals surface area contributed by atoms with Crippen molar-refractivity contribution < 1.29 is 2.78 Å². The maximum absolute atomic E-state index is 4.21. The molecule has 6 heteroatoms. The first-order valence-electron chi connectivity index (χ1n) is 3.77. The third kappa shape index (κ3) is 2.00. The predicted octanol–water partition coefficient (Wildman–Crippen LogP) is 1.63. The van der Waals surface area contributed by atoms with E-state index in [9.17, 15) is 0 Å². The molecule has 2 rings (SSSR count). The average Bonchev–Trinajstić information content (AvgIpc) is 2.20. The fourth-order valence-corrected chi connectivity index (χ4v) is 2.08. The molecule has 70 valence electrons. The number of rotatable bonds is 1. The Morgan fingerprint density at radius 2 is 2.14 bits per heavy atom. The van der Waals surface area contributed by atoms with Crippen LogP contribution in [0.1, 0.15) is 0 Å². The van der Waals surface area contributed by atoms with Crippen molar-refractivity contribution in [1.29, 1.82) is 0 Å². The number of hydrogen-bond acceptors (Lipinski definition) is 3. The highest BCUT2D eigenvalue weighted by Gasteiger charge is 2.13. The van der Waals surface area contributed by atoms with Crippen LogP contribution >= 0.6 is 45.5 Å². The second-order valence-corrected chi connectivity index (χ2v) is 4.70. The number of hydrogen-bond donors (Lipinski definition) is 0.